The number of halogens is 1. The average Bonchev–Trinajstić information content (AvgIpc) is 3.67. The van der Waals surface area contributed by atoms with Gasteiger partial charge in [0, 0.05) is 42.8 Å². The molecule has 5 aliphatic heterocycles. The van der Waals surface area contributed by atoms with Crippen molar-refractivity contribution in [1.29, 1.82) is 5.26 Å². The molecule has 4 atom stereocenters. The zero-order valence-electron chi connectivity index (χ0n) is 24.3. The number of aromatic nitrogens is 2. The van der Waals surface area contributed by atoms with Crippen molar-refractivity contribution >= 4 is 11.5 Å². The van der Waals surface area contributed by atoms with Gasteiger partial charge in [0.25, 0.3) is 0 Å². The van der Waals surface area contributed by atoms with Crippen LogP contribution in [0.2, 0.25) is 0 Å². The Balaban J connectivity index is 1.16. The van der Waals surface area contributed by atoms with Gasteiger partial charge >= 0.3 is 6.01 Å². The summed E-state index contributed by atoms with van der Waals surface area (Å²) in [5, 5.41) is 10.2. The number of nitrogen functional groups attached to an aromatic ring is 1. The zero-order chi connectivity index (χ0) is 28.7. The van der Waals surface area contributed by atoms with E-state index >= 15 is 0 Å². The summed E-state index contributed by atoms with van der Waals surface area (Å²) >= 11 is 0. The normalized spacial score (nSPS) is 32.8. The number of nitrogens with two attached hydrogens (primary N) is 1. The monoisotopic (exact) mass is 574 g/mol. The molecule has 222 valence electrons. The van der Waals surface area contributed by atoms with E-state index in [2.05, 4.69) is 28.9 Å². The molecule has 4 fully saturated rings. The Bertz CT molecular complexity index is 1470. The lowest BCUT2D eigenvalue weighted by Crippen LogP contribution is -2.62. The standard InChI is InChI=1S/C32H39FN6O3/c1-20-6-9-32(27-22(20)4-5-25(35)23(27)14-34)13-26-24(16-42-32)28(38-17-31(18-38)8-3-11-41-31)37-29(36-26)40-19-30-7-2-10-39(30)15-21(33)12-30/h4-5,20-21H,2-3,6-13,15-19,35H2,1H3. The number of alkyl halides is 1. The Labute approximate surface area is 246 Å². The zero-order valence-corrected chi connectivity index (χ0v) is 24.3. The van der Waals surface area contributed by atoms with Crippen molar-refractivity contribution in [1.82, 2.24) is 14.9 Å². The van der Waals surface area contributed by atoms with Gasteiger partial charge in [0.1, 0.15) is 35.9 Å². The van der Waals surface area contributed by atoms with Crippen LogP contribution in [-0.2, 0) is 28.1 Å². The number of rotatable bonds is 4. The minimum Gasteiger partial charge on any atom is -0.461 e. The number of nitriles is 1. The number of anilines is 2. The van der Waals surface area contributed by atoms with Crippen molar-refractivity contribution < 1.29 is 18.6 Å². The van der Waals surface area contributed by atoms with Crippen LogP contribution in [0, 0.1) is 11.3 Å². The van der Waals surface area contributed by atoms with Gasteiger partial charge in [-0.3, -0.25) is 4.90 Å². The molecule has 1 aromatic carbocycles. The van der Waals surface area contributed by atoms with Crippen molar-refractivity contribution in [2.45, 2.75) is 93.7 Å². The van der Waals surface area contributed by atoms with Crippen LogP contribution in [0.4, 0.5) is 15.9 Å². The molecule has 10 heteroatoms. The molecule has 4 unspecified atom stereocenters. The molecular weight excluding hydrogens is 535 g/mol. The van der Waals surface area contributed by atoms with Crippen LogP contribution in [0.1, 0.15) is 85.7 Å². The van der Waals surface area contributed by atoms with E-state index < -0.39 is 11.8 Å². The van der Waals surface area contributed by atoms with Crippen LogP contribution in [0.25, 0.3) is 0 Å². The van der Waals surface area contributed by atoms with Gasteiger partial charge in [0.05, 0.1) is 36.5 Å². The molecule has 2 spiro atoms. The van der Waals surface area contributed by atoms with Gasteiger partial charge in [-0.15, -0.1) is 0 Å². The molecule has 6 heterocycles. The molecule has 0 saturated carbocycles. The van der Waals surface area contributed by atoms with E-state index in [-0.39, 0.29) is 11.1 Å². The quantitative estimate of drug-likeness (QED) is 0.539. The summed E-state index contributed by atoms with van der Waals surface area (Å²) in [4.78, 5) is 14.5. The molecule has 1 aliphatic carbocycles. The highest BCUT2D eigenvalue weighted by Crippen LogP contribution is 2.52. The fraction of sp³-hybridized carbons (Fsp3) is 0.656. The van der Waals surface area contributed by atoms with Gasteiger partial charge in [0.2, 0.25) is 0 Å². The first-order valence-corrected chi connectivity index (χ1v) is 15.6. The van der Waals surface area contributed by atoms with Gasteiger partial charge in [-0.1, -0.05) is 13.0 Å². The molecule has 8 rings (SSSR count). The highest BCUT2D eigenvalue weighted by Gasteiger charge is 2.52. The Hall–Kier alpha value is -3.00. The summed E-state index contributed by atoms with van der Waals surface area (Å²) in [5.74, 6) is 1.16. The molecule has 1 aromatic heterocycles. The summed E-state index contributed by atoms with van der Waals surface area (Å²) in [7, 11) is 0. The van der Waals surface area contributed by atoms with E-state index in [9.17, 15) is 9.65 Å². The van der Waals surface area contributed by atoms with Crippen LogP contribution >= 0.6 is 0 Å². The van der Waals surface area contributed by atoms with Gasteiger partial charge in [-0.2, -0.15) is 15.2 Å². The first-order chi connectivity index (χ1) is 20.3. The van der Waals surface area contributed by atoms with Gasteiger partial charge < -0.3 is 24.8 Å². The van der Waals surface area contributed by atoms with E-state index in [1.807, 2.05) is 6.07 Å². The smallest absolute Gasteiger partial charge is 0.318 e. The van der Waals surface area contributed by atoms with E-state index in [0.717, 1.165) is 93.0 Å². The summed E-state index contributed by atoms with van der Waals surface area (Å²) in [6, 6.07) is 6.63. The van der Waals surface area contributed by atoms with Crippen LogP contribution < -0.4 is 15.4 Å². The second kappa shape index (κ2) is 9.50. The minimum absolute atomic E-state index is 0.0867. The number of benzene rings is 1. The Morgan fingerprint density at radius 2 is 2.07 bits per heavy atom. The first-order valence-electron chi connectivity index (χ1n) is 15.6. The number of ether oxygens (including phenoxy) is 3. The maximum atomic E-state index is 14.5. The summed E-state index contributed by atoms with van der Waals surface area (Å²) in [6.45, 7) is 6.73. The number of hydrogen-bond donors (Lipinski definition) is 1. The van der Waals surface area contributed by atoms with Crippen molar-refractivity contribution in [3.8, 4) is 12.1 Å². The molecule has 6 aliphatic rings. The first kappa shape index (κ1) is 26.6. The van der Waals surface area contributed by atoms with E-state index in [1.54, 1.807) is 0 Å². The highest BCUT2D eigenvalue weighted by atomic mass is 19.1. The van der Waals surface area contributed by atoms with Crippen molar-refractivity contribution in [3.05, 3.63) is 40.1 Å². The van der Waals surface area contributed by atoms with Crippen LogP contribution in [0.5, 0.6) is 6.01 Å². The summed E-state index contributed by atoms with van der Waals surface area (Å²) in [6.07, 6.45) is 6.09. The number of fused-ring (bicyclic) bond motifs is 4. The molecule has 0 bridgehead atoms. The predicted molar refractivity (Wildman–Crippen MR) is 154 cm³/mol. The van der Waals surface area contributed by atoms with Gasteiger partial charge in [-0.25, -0.2) is 4.39 Å². The van der Waals surface area contributed by atoms with Gasteiger partial charge in [0.15, 0.2) is 0 Å². The van der Waals surface area contributed by atoms with Crippen LogP contribution in [0.15, 0.2) is 12.1 Å². The van der Waals surface area contributed by atoms with E-state index in [1.165, 1.54) is 0 Å². The third-order valence-electron chi connectivity index (χ3n) is 11.0. The number of hydrogen-bond acceptors (Lipinski definition) is 9. The lowest BCUT2D eigenvalue weighted by molar-refractivity contribution is -0.0876. The second-order valence-corrected chi connectivity index (χ2v) is 13.6. The third-order valence-corrected chi connectivity index (χ3v) is 11.0. The maximum absolute atomic E-state index is 14.5. The molecule has 2 aromatic rings. The predicted octanol–water partition coefficient (Wildman–Crippen LogP) is 4.12. The molecular formula is C32H39FN6O3. The third kappa shape index (κ3) is 3.96. The average molecular weight is 575 g/mol. The fourth-order valence-electron chi connectivity index (χ4n) is 8.81. The molecule has 9 nitrogen and oxygen atoms in total. The largest absolute Gasteiger partial charge is 0.461 e. The van der Waals surface area contributed by atoms with Gasteiger partial charge in [-0.05, 0) is 62.6 Å². The highest BCUT2D eigenvalue weighted by molar-refractivity contribution is 5.64. The topological polar surface area (TPSA) is 110 Å². The SMILES string of the molecule is CC1CCC2(Cc3nc(OCC45CCCN4CC(F)C5)nc(N4CC5(CCCO5)C4)c3CO2)c2c1ccc(N)c2C#N. The minimum atomic E-state index is -0.815. The number of nitrogens with zero attached hydrogens (tertiary/aromatic N) is 5. The fourth-order valence-corrected chi connectivity index (χ4v) is 8.81. The Kier molecular flexibility index (Phi) is 6.02. The van der Waals surface area contributed by atoms with E-state index in [0.29, 0.717) is 55.8 Å². The molecule has 0 radical (unpaired) electrons. The maximum Gasteiger partial charge on any atom is 0.318 e. The van der Waals surface area contributed by atoms with Crippen LogP contribution in [0.3, 0.4) is 0 Å². The molecule has 2 N–H and O–H groups in total. The van der Waals surface area contributed by atoms with Crippen molar-refractivity contribution in [2.75, 3.05) is 50.0 Å². The molecule has 42 heavy (non-hydrogen) atoms. The molecule has 4 saturated heterocycles. The lowest BCUT2D eigenvalue weighted by atomic mass is 9.69. The Morgan fingerprint density at radius 3 is 2.88 bits per heavy atom. The summed E-state index contributed by atoms with van der Waals surface area (Å²) in [5.41, 5.74) is 10.2. The van der Waals surface area contributed by atoms with Crippen LogP contribution in [-0.4, -0.2) is 71.6 Å². The molecule has 0 amide bonds. The Morgan fingerprint density at radius 1 is 1.19 bits per heavy atom. The second-order valence-electron chi connectivity index (χ2n) is 13.6. The van der Waals surface area contributed by atoms with Crippen molar-refractivity contribution in [2.24, 2.45) is 0 Å². The lowest BCUT2D eigenvalue weighted by Gasteiger charge is -2.49. The summed E-state index contributed by atoms with van der Waals surface area (Å²) < 4.78 is 33.8. The van der Waals surface area contributed by atoms with E-state index in [4.69, 9.17) is 29.9 Å². The van der Waals surface area contributed by atoms with Crippen molar-refractivity contribution in [3.63, 3.8) is 0 Å².